The van der Waals surface area contributed by atoms with Gasteiger partial charge in [0.15, 0.2) is 5.96 Å². The fraction of sp³-hybridized carbons (Fsp3) is 0.619. The standard InChI is InChI=1S/C21H30N4O2/c1-22-21(24-18-13-17-9-10-19(18)27-17)23-14-15-5-7-16(8-6-15)20(26)25-11-3-2-4-12-25/h5-8,17-19H,2-4,9-14H2,1H3,(H2,22,23,24). The third kappa shape index (κ3) is 4.26. The van der Waals surface area contributed by atoms with Crippen molar-refractivity contribution < 1.29 is 9.53 Å². The molecule has 3 unspecified atom stereocenters. The molecule has 1 aromatic carbocycles. The summed E-state index contributed by atoms with van der Waals surface area (Å²) in [7, 11) is 1.80. The van der Waals surface area contributed by atoms with Crippen LogP contribution in [0.1, 0.15) is 54.4 Å². The van der Waals surface area contributed by atoms with Crippen molar-refractivity contribution >= 4 is 11.9 Å². The number of nitrogens with zero attached hydrogens (tertiary/aromatic N) is 2. The Kier molecular flexibility index (Phi) is 5.62. The van der Waals surface area contributed by atoms with Crippen molar-refractivity contribution in [3.8, 4) is 0 Å². The molecule has 6 heteroatoms. The van der Waals surface area contributed by atoms with Gasteiger partial charge in [0.05, 0.1) is 18.2 Å². The van der Waals surface area contributed by atoms with Crippen molar-refractivity contribution in [1.82, 2.24) is 15.5 Å². The fourth-order valence-corrected chi connectivity index (χ4v) is 4.39. The molecule has 0 radical (unpaired) electrons. The molecule has 4 rings (SSSR count). The second-order valence-electron chi connectivity index (χ2n) is 7.84. The highest BCUT2D eigenvalue weighted by atomic mass is 16.5. The zero-order chi connectivity index (χ0) is 18.6. The van der Waals surface area contributed by atoms with E-state index in [0.29, 0.717) is 24.8 Å². The van der Waals surface area contributed by atoms with E-state index in [9.17, 15) is 4.79 Å². The Morgan fingerprint density at radius 2 is 1.96 bits per heavy atom. The molecular weight excluding hydrogens is 340 g/mol. The highest BCUT2D eigenvalue weighted by Crippen LogP contribution is 2.34. The molecule has 2 N–H and O–H groups in total. The fourth-order valence-electron chi connectivity index (χ4n) is 4.39. The van der Waals surface area contributed by atoms with E-state index >= 15 is 0 Å². The Morgan fingerprint density at radius 1 is 1.19 bits per heavy atom. The van der Waals surface area contributed by atoms with Crippen LogP contribution in [-0.4, -0.2) is 55.2 Å². The van der Waals surface area contributed by atoms with E-state index < -0.39 is 0 Å². The van der Waals surface area contributed by atoms with Crippen molar-refractivity contribution in [3.05, 3.63) is 35.4 Å². The smallest absolute Gasteiger partial charge is 0.253 e. The normalized spacial score (nSPS) is 27.7. The number of ether oxygens (including phenoxy) is 1. The van der Waals surface area contributed by atoms with Gasteiger partial charge in [-0.2, -0.15) is 0 Å². The molecule has 6 nitrogen and oxygen atoms in total. The van der Waals surface area contributed by atoms with E-state index in [1.165, 1.54) is 12.8 Å². The van der Waals surface area contributed by atoms with Crippen LogP contribution in [0, 0.1) is 0 Å². The minimum absolute atomic E-state index is 0.156. The Balaban J connectivity index is 1.28. The van der Waals surface area contributed by atoms with E-state index in [1.54, 1.807) is 7.05 Å². The summed E-state index contributed by atoms with van der Waals surface area (Å²) in [6.45, 7) is 2.45. The lowest BCUT2D eigenvalue weighted by molar-refractivity contribution is 0.0724. The zero-order valence-electron chi connectivity index (χ0n) is 16.1. The van der Waals surface area contributed by atoms with Gasteiger partial charge in [-0.15, -0.1) is 0 Å². The second kappa shape index (κ2) is 8.30. The second-order valence-corrected chi connectivity index (χ2v) is 7.84. The highest BCUT2D eigenvalue weighted by Gasteiger charge is 2.41. The minimum Gasteiger partial charge on any atom is -0.373 e. The van der Waals surface area contributed by atoms with Gasteiger partial charge in [0.2, 0.25) is 0 Å². The predicted molar refractivity (Wildman–Crippen MR) is 106 cm³/mol. The first kappa shape index (κ1) is 18.3. The average molecular weight is 370 g/mol. The quantitative estimate of drug-likeness (QED) is 0.630. The molecule has 1 amide bonds. The summed E-state index contributed by atoms with van der Waals surface area (Å²) in [4.78, 5) is 18.9. The number of hydrogen-bond acceptors (Lipinski definition) is 3. The topological polar surface area (TPSA) is 66.0 Å². The molecule has 3 aliphatic rings. The zero-order valence-corrected chi connectivity index (χ0v) is 16.1. The molecule has 3 heterocycles. The molecule has 3 aliphatic heterocycles. The van der Waals surface area contributed by atoms with Gasteiger partial charge in [0.25, 0.3) is 5.91 Å². The first-order valence-electron chi connectivity index (χ1n) is 10.2. The van der Waals surface area contributed by atoms with Crippen molar-refractivity contribution in [3.63, 3.8) is 0 Å². The molecular formula is C21H30N4O2. The third-order valence-corrected chi connectivity index (χ3v) is 5.96. The lowest BCUT2D eigenvalue weighted by atomic mass is 9.96. The van der Waals surface area contributed by atoms with Crippen molar-refractivity contribution in [2.75, 3.05) is 20.1 Å². The molecule has 146 valence electrons. The molecule has 0 aromatic heterocycles. The van der Waals surface area contributed by atoms with Crippen molar-refractivity contribution in [2.45, 2.75) is 63.3 Å². The van der Waals surface area contributed by atoms with Crippen LogP contribution in [0.15, 0.2) is 29.3 Å². The molecule has 3 fully saturated rings. The van der Waals surface area contributed by atoms with Crippen LogP contribution in [0.3, 0.4) is 0 Å². The number of carbonyl (C=O) groups excluding carboxylic acids is 1. The number of guanidine groups is 1. The maximum atomic E-state index is 12.5. The number of aliphatic imine (C=N–C) groups is 1. The van der Waals surface area contributed by atoms with Crippen LogP contribution in [0.25, 0.3) is 0 Å². The molecule has 0 aliphatic carbocycles. The molecule has 0 spiro atoms. The minimum atomic E-state index is 0.156. The number of hydrogen-bond donors (Lipinski definition) is 2. The Bertz CT molecular complexity index is 682. The number of piperidine rings is 1. The lowest BCUT2D eigenvalue weighted by Gasteiger charge is -2.26. The predicted octanol–water partition coefficient (Wildman–Crippen LogP) is 2.30. The van der Waals surface area contributed by atoms with Gasteiger partial charge >= 0.3 is 0 Å². The van der Waals surface area contributed by atoms with Crippen LogP contribution in [-0.2, 0) is 11.3 Å². The summed E-state index contributed by atoms with van der Waals surface area (Å²) >= 11 is 0. The first-order valence-corrected chi connectivity index (χ1v) is 10.2. The van der Waals surface area contributed by atoms with Gasteiger partial charge < -0.3 is 20.3 Å². The summed E-state index contributed by atoms with van der Waals surface area (Å²) in [5, 5.41) is 6.87. The summed E-state index contributed by atoms with van der Waals surface area (Å²) in [6.07, 6.45) is 7.63. The van der Waals surface area contributed by atoms with Gasteiger partial charge in [0.1, 0.15) is 0 Å². The van der Waals surface area contributed by atoms with E-state index in [2.05, 4.69) is 15.6 Å². The van der Waals surface area contributed by atoms with Crippen LogP contribution in [0.5, 0.6) is 0 Å². The Labute approximate surface area is 161 Å². The molecule has 3 saturated heterocycles. The van der Waals surface area contributed by atoms with Gasteiger partial charge in [-0.1, -0.05) is 12.1 Å². The number of amides is 1. The molecule has 0 saturated carbocycles. The maximum absolute atomic E-state index is 12.5. The highest BCUT2D eigenvalue weighted by molar-refractivity contribution is 5.94. The van der Waals surface area contributed by atoms with Gasteiger partial charge in [0, 0.05) is 32.2 Å². The van der Waals surface area contributed by atoms with Gasteiger partial charge in [-0.3, -0.25) is 9.79 Å². The number of fused-ring (bicyclic) bond motifs is 2. The summed E-state index contributed by atoms with van der Waals surface area (Å²) in [5.41, 5.74) is 1.92. The van der Waals surface area contributed by atoms with E-state index in [0.717, 1.165) is 55.9 Å². The van der Waals surface area contributed by atoms with Crippen LogP contribution < -0.4 is 10.6 Å². The van der Waals surface area contributed by atoms with Gasteiger partial charge in [-0.25, -0.2) is 0 Å². The number of carbonyl (C=O) groups is 1. The molecule has 2 bridgehead atoms. The van der Waals surface area contributed by atoms with E-state index in [4.69, 9.17) is 4.74 Å². The summed E-state index contributed by atoms with van der Waals surface area (Å²) in [5.74, 6) is 0.965. The largest absolute Gasteiger partial charge is 0.373 e. The molecule has 3 atom stereocenters. The maximum Gasteiger partial charge on any atom is 0.253 e. The third-order valence-electron chi connectivity index (χ3n) is 5.96. The van der Waals surface area contributed by atoms with Crippen LogP contribution >= 0.6 is 0 Å². The monoisotopic (exact) mass is 370 g/mol. The van der Waals surface area contributed by atoms with Crippen molar-refractivity contribution in [2.24, 2.45) is 4.99 Å². The number of nitrogens with one attached hydrogen (secondary N) is 2. The number of likely N-dealkylation sites (tertiary alicyclic amines) is 1. The number of benzene rings is 1. The Morgan fingerprint density at radius 3 is 2.59 bits per heavy atom. The van der Waals surface area contributed by atoms with Crippen molar-refractivity contribution in [1.29, 1.82) is 0 Å². The molecule has 27 heavy (non-hydrogen) atoms. The van der Waals surface area contributed by atoms with E-state index in [1.807, 2.05) is 29.2 Å². The van der Waals surface area contributed by atoms with Gasteiger partial charge in [-0.05, 0) is 56.2 Å². The molecule has 1 aromatic rings. The summed E-state index contributed by atoms with van der Waals surface area (Å²) in [6, 6.07) is 8.29. The SMILES string of the molecule is CN=C(NCc1ccc(C(=O)N2CCCCC2)cc1)NC1CC2CCC1O2. The Hall–Kier alpha value is -2.08. The number of rotatable bonds is 4. The van der Waals surface area contributed by atoms with Crippen LogP contribution in [0.2, 0.25) is 0 Å². The van der Waals surface area contributed by atoms with E-state index in [-0.39, 0.29) is 5.91 Å². The lowest BCUT2D eigenvalue weighted by Crippen LogP contribution is -2.47. The summed E-state index contributed by atoms with van der Waals surface area (Å²) < 4.78 is 5.90. The first-order chi connectivity index (χ1) is 13.2. The average Bonchev–Trinajstić information content (AvgIpc) is 3.35. The van der Waals surface area contributed by atoms with Crippen LogP contribution in [0.4, 0.5) is 0 Å².